The number of carbonyl (C=O) groups is 1. The van der Waals surface area contributed by atoms with Crippen molar-refractivity contribution < 1.29 is 23.4 Å². The lowest BCUT2D eigenvalue weighted by molar-refractivity contribution is 0.0840. The molecule has 1 atom stereocenters. The first-order chi connectivity index (χ1) is 11.0. The van der Waals surface area contributed by atoms with Gasteiger partial charge < -0.3 is 15.2 Å². The molecule has 0 fully saturated rings. The molecule has 0 aliphatic rings. The van der Waals surface area contributed by atoms with Crippen LogP contribution in [0.15, 0.2) is 42.5 Å². The van der Waals surface area contributed by atoms with Gasteiger partial charge in [-0.3, -0.25) is 4.79 Å². The van der Waals surface area contributed by atoms with Gasteiger partial charge in [-0.25, -0.2) is 8.78 Å². The van der Waals surface area contributed by atoms with Crippen LogP contribution in [0.2, 0.25) is 0 Å². The van der Waals surface area contributed by atoms with Crippen LogP contribution in [0.3, 0.4) is 0 Å². The van der Waals surface area contributed by atoms with Crippen LogP contribution in [0.4, 0.5) is 8.78 Å². The summed E-state index contributed by atoms with van der Waals surface area (Å²) < 4.78 is 31.8. The monoisotopic (exact) mass is 321 g/mol. The van der Waals surface area contributed by atoms with Gasteiger partial charge in [0.25, 0.3) is 5.91 Å². The van der Waals surface area contributed by atoms with Crippen molar-refractivity contribution in [3.63, 3.8) is 0 Å². The highest BCUT2D eigenvalue weighted by atomic mass is 19.1. The molecular weight excluding hydrogens is 304 g/mol. The van der Waals surface area contributed by atoms with E-state index < -0.39 is 17.8 Å². The van der Waals surface area contributed by atoms with Gasteiger partial charge in [-0.2, -0.15) is 0 Å². The molecule has 0 aliphatic carbocycles. The van der Waals surface area contributed by atoms with Crippen molar-refractivity contribution in [2.24, 2.45) is 0 Å². The van der Waals surface area contributed by atoms with Crippen LogP contribution >= 0.6 is 0 Å². The lowest BCUT2D eigenvalue weighted by Gasteiger charge is -2.14. The molecule has 2 aromatic carbocycles. The summed E-state index contributed by atoms with van der Waals surface area (Å²) in [5.41, 5.74) is 0.300. The molecule has 1 amide bonds. The maximum absolute atomic E-state index is 13.8. The third-order valence-electron chi connectivity index (χ3n) is 3.19. The second-order valence-electron chi connectivity index (χ2n) is 5.07. The van der Waals surface area contributed by atoms with Crippen LogP contribution in [0.25, 0.3) is 0 Å². The Morgan fingerprint density at radius 1 is 1.22 bits per heavy atom. The summed E-state index contributed by atoms with van der Waals surface area (Å²) in [6, 6.07) is 9.87. The summed E-state index contributed by atoms with van der Waals surface area (Å²) in [5, 5.41) is 12.2. The third-order valence-corrected chi connectivity index (χ3v) is 3.19. The minimum Gasteiger partial charge on any atom is -0.491 e. The van der Waals surface area contributed by atoms with E-state index in [2.05, 4.69) is 5.32 Å². The molecule has 2 aromatic rings. The second kappa shape index (κ2) is 7.69. The lowest BCUT2D eigenvalue weighted by atomic mass is 10.1. The zero-order valence-corrected chi connectivity index (χ0v) is 12.6. The first-order valence-corrected chi connectivity index (χ1v) is 7.07. The molecule has 0 spiro atoms. The molecule has 4 nitrogen and oxygen atoms in total. The Morgan fingerprint density at radius 3 is 2.61 bits per heavy atom. The fourth-order valence-corrected chi connectivity index (χ4v) is 1.91. The van der Waals surface area contributed by atoms with Gasteiger partial charge in [-0.05, 0) is 42.8 Å². The van der Waals surface area contributed by atoms with Gasteiger partial charge in [0.15, 0.2) is 0 Å². The molecule has 0 aliphatic heterocycles. The second-order valence-corrected chi connectivity index (χ2v) is 5.07. The van der Waals surface area contributed by atoms with Gasteiger partial charge in [0.2, 0.25) is 0 Å². The van der Waals surface area contributed by atoms with E-state index in [4.69, 9.17) is 4.74 Å². The van der Waals surface area contributed by atoms with Crippen LogP contribution in [-0.4, -0.2) is 30.3 Å². The number of ether oxygens (including phenoxy) is 1. The number of benzene rings is 2. The molecule has 2 rings (SSSR count). The van der Waals surface area contributed by atoms with Gasteiger partial charge >= 0.3 is 0 Å². The predicted octanol–water partition coefficient (Wildman–Crippen LogP) is 2.44. The van der Waals surface area contributed by atoms with E-state index in [0.29, 0.717) is 11.3 Å². The van der Waals surface area contributed by atoms with E-state index in [9.17, 15) is 18.7 Å². The first kappa shape index (κ1) is 16.9. The number of nitrogens with one attached hydrogen (secondary N) is 1. The van der Waals surface area contributed by atoms with E-state index in [1.54, 1.807) is 19.1 Å². The van der Waals surface area contributed by atoms with Crippen LogP contribution in [0.5, 0.6) is 5.75 Å². The number of rotatable bonds is 6. The largest absolute Gasteiger partial charge is 0.491 e. The van der Waals surface area contributed by atoms with Crippen LogP contribution in [-0.2, 0) is 0 Å². The summed E-state index contributed by atoms with van der Waals surface area (Å²) in [7, 11) is 0. The maximum Gasteiger partial charge on any atom is 0.254 e. The number of aliphatic hydroxyl groups is 1. The zero-order chi connectivity index (χ0) is 16.8. The molecule has 1 unspecified atom stereocenters. The SMILES string of the molecule is Cc1cccc(C(=O)NCC(O)COc2ccc(F)cc2)c1F. The van der Waals surface area contributed by atoms with Crippen molar-refractivity contribution >= 4 is 5.91 Å². The first-order valence-electron chi connectivity index (χ1n) is 7.07. The molecule has 0 radical (unpaired) electrons. The van der Waals surface area contributed by atoms with Gasteiger partial charge in [0, 0.05) is 6.54 Å². The van der Waals surface area contributed by atoms with Gasteiger partial charge in [-0.15, -0.1) is 0 Å². The highest BCUT2D eigenvalue weighted by Crippen LogP contribution is 2.12. The van der Waals surface area contributed by atoms with Crippen LogP contribution in [0.1, 0.15) is 15.9 Å². The Morgan fingerprint density at radius 2 is 1.91 bits per heavy atom. The topological polar surface area (TPSA) is 58.6 Å². The number of hydrogen-bond acceptors (Lipinski definition) is 3. The molecule has 0 bridgehead atoms. The maximum atomic E-state index is 13.8. The molecule has 0 heterocycles. The minimum absolute atomic E-state index is 0.0725. The van der Waals surface area contributed by atoms with E-state index in [-0.39, 0.29) is 24.5 Å². The summed E-state index contributed by atoms with van der Waals surface area (Å²) in [4.78, 5) is 11.9. The molecule has 23 heavy (non-hydrogen) atoms. The lowest BCUT2D eigenvalue weighted by Crippen LogP contribution is -2.35. The van der Waals surface area contributed by atoms with Crippen LogP contribution < -0.4 is 10.1 Å². The molecule has 0 saturated heterocycles. The quantitative estimate of drug-likeness (QED) is 0.859. The summed E-state index contributed by atoms with van der Waals surface area (Å²) >= 11 is 0. The number of amides is 1. The summed E-state index contributed by atoms with van der Waals surface area (Å²) in [6.07, 6.45) is -0.975. The van der Waals surface area contributed by atoms with E-state index in [1.165, 1.54) is 30.3 Å². The zero-order valence-electron chi connectivity index (χ0n) is 12.6. The van der Waals surface area contributed by atoms with Crippen molar-refractivity contribution in [2.45, 2.75) is 13.0 Å². The number of halogens is 2. The number of carbonyl (C=O) groups excluding carboxylic acids is 1. The Bertz CT molecular complexity index is 674. The average molecular weight is 321 g/mol. The fourth-order valence-electron chi connectivity index (χ4n) is 1.91. The highest BCUT2D eigenvalue weighted by Gasteiger charge is 2.14. The Kier molecular flexibility index (Phi) is 5.65. The number of aryl methyl sites for hydroxylation is 1. The molecule has 0 aromatic heterocycles. The van der Waals surface area contributed by atoms with Gasteiger partial charge in [0.1, 0.15) is 30.1 Å². The van der Waals surface area contributed by atoms with Crippen molar-refractivity contribution in [1.82, 2.24) is 5.32 Å². The normalized spacial score (nSPS) is 11.8. The van der Waals surface area contributed by atoms with Crippen LogP contribution in [0, 0.1) is 18.6 Å². The molecule has 122 valence electrons. The van der Waals surface area contributed by atoms with E-state index >= 15 is 0 Å². The minimum atomic E-state index is -0.975. The Hall–Kier alpha value is -2.47. The van der Waals surface area contributed by atoms with E-state index in [0.717, 1.165) is 0 Å². The standard InChI is InChI=1S/C17H17F2NO3/c1-11-3-2-4-15(16(11)19)17(22)20-9-13(21)10-23-14-7-5-12(18)6-8-14/h2-8,13,21H,9-10H2,1H3,(H,20,22). The smallest absolute Gasteiger partial charge is 0.254 e. The van der Waals surface area contributed by atoms with Crippen molar-refractivity contribution in [3.8, 4) is 5.75 Å². The van der Waals surface area contributed by atoms with Crippen molar-refractivity contribution in [2.75, 3.05) is 13.2 Å². The summed E-state index contributed by atoms with van der Waals surface area (Å²) in [5.74, 6) is -1.17. The number of aliphatic hydroxyl groups excluding tert-OH is 1. The van der Waals surface area contributed by atoms with Gasteiger partial charge in [-0.1, -0.05) is 12.1 Å². The average Bonchev–Trinajstić information content (AvgIpc) is 2.54. The van der Waals surface area contributed by atoms with Crippen molar-refractivity contribution in [3.05, 3.63) is 65.2 Å². The molecule has 0 saturated carbocycles. The summed E-state index contributed by atoms with van der Waals surface area (Å²) in [6.45, 7) is 1.40. The number of hydrogen-bond donors (Lipinski definition) is 2. The molecular formula is C17H17F2NO3. The van der Waals surface area contributed by atoms with Gasteiger partial charge in [0.05, 0.1) is 5.56 Å². The third kappa shape index (κ3) is 4.75. The molecule has 2 N–H and O–H groups in total. The molecule has 6 heteroatoms. The fraction of sp³-hybridized carbons (Fsp3) is 0.235. The Balaban J connectivity index is 1.81. The highest BCUT2D eigenvalue weighted by molar-refractivity contribution is 5.94. The predicted molar refractivity (Wildman–Crippen MR) is 81.4 cm³/mol. The van der Waals surface area contributed by atoms with E-state index in [1.807, 2.05) is 0 Å². The van der Waals surface area contributed by atoms with Crippen molar-refractivity contribution in [1.29, 1.82) is 0 Å². The Labute approximate surface area is 132 Å².